The van der Waals surface area contributed by atoms with E-state index in [0.29, 0.717) is 23.7 Å². The molecule has 6 heteroatoms. The lowest BCUT2D eigenvalue weighted by atomic mass is 10.1. The van der Waals surface area contributed by atoms with E-state index < -0.39 is 6.04 Å². The molecule has 0 saturated carbocycles. The smallest absolute Gasteiger partial charge is 0.246 e. The number of hydrogen-bond acceptors (Lipinski definition) is 3. The summed E-state index contributed by atoms with van der Waals surface area (Å²) in [6.45, 7) is 3.21. The summed E-state index contributed by atoms with van der Waals surface area (Å²) in [5.41, 5.74) is 4.45. The number of amides is 2. The predicted molar refractivity (Wildman–Crippen MR) is 129 cm³/mol. The molecule has 2 amide bonds. The maximum absolute atomic E-state index is 13.1. The van der Waals surface area contributed by atoms with E-state index in [1.165, 1.54) is 0 Å². The zero-order chi connectivity index (χ0) is 22.5. The van der Waals surface area contributed by atoms with Crippen LogP contribution in [0.4, 0.5) is 11.4 Å². The number of nitrogens with one attached hydrogen (secondary N) is 2. The van der Waals surface area contributed by atoms with Crippen LogP contribution in [-0.2, 0) is 16.1 Å². The predicted octanol–water partition coefficient (Wildman–Crippen LogP) is 5.24. The first-order valence-corrected chi connectivity index (χ1v) is 11.1. The number of nitrogens with zero attached hydrogens (tertiary/aromatic N) is 1. The van der Waals surface area contributed by atoms with Crippen LogP contribution < -0.4 is 15.5 Å². The molecule has 3 aromatic carbocycles. The number of aryl methyl sites for hydroxylation is 1. The van der Waals surface area contributed by atoms with E-state index in [1.807, 2.05) is 78.6 Å². The minimum atomic E-state index is -0.531. The van der Waals surface area contributed by atoms with Gasteiger partial charge in [0.05, 0.1) is 0 Å². The van der Waals surface area contributed by atoms with Crippen LogP contribution in [0.15, 0.2) is 72.8 Å². The average molecular weight is 448 g/mol. The highest BCUT2D eigenvalue weighted by molar-refractivity contribution is 6.31. The number of carbonyl (C=O) groups excluding carboxylic acids is 2. The van der Waals surface area contributed by atoms with Crippen LogP contribution in [0, 0.1) is 6.92 Å². The molecule has 1 aliphatic heterocycles. The Morgan fingerprint density at radius 2 is 1.81 bits per heavy atom. The van der Waals surface area contributed by atoms with Gasteiger partial charge in [-0.2, -0.15) is 0 Å². The van der Waals surface area contributed by atoms with E-state index in [2.05, 4.69) is 10.6 Å². The summed E-state index contributed by atoms with van der Waals surface area (Å²) in [5.74, 6) is 0.0169. The summed E-state index contributed by atoms with van der Waals surface area (Å²) in [7, 11) is 0. The fourth-order valence-electron chi connectivity index (χ4n) is 3.83. The quantitative estimate of drug-likeness (QED) is 0.520. The second-order valence-corrected chi connectivity index (χ2v) is 8.40. The normalized spacial score (nSPS) is 14.4. The van der Waals surface area contributed by atoms with Gasteiger partial charge in [0, 0.05) is 35.9 Å². The number of anilines is 2. The van der Waals surface area contributed by atoms with Crippen molar-refractivity contribution in [3.8, 4) is 0 Å². The van der Waals surface area contributed by atoms with Gasteiger partial charge < -0.3 is 10.2 Å². The van der Waals surface area contributed by atoms with Crippen molar-refractivity contribution in [3.63, 3.8) is 0 Å². The fourth-order valence-corrected chi connectivity index (χ4v) is 4.01. The Morgan fingerprint density at radius 3 is 2.47 bits per heavy atom. The number of benzene rings is 3. The number of hydrogen-bond donors (Lipinski definition) is 2. The van der Waals surface area contributed by atoms with Crippen LogP contribution >= 0.6 is 11.6 Å². The van der Waals surface area contributed by atoms with Gasteiger partial charge in [0.15, 0.2) is 0 Å². The molecule has 0 aromatic heterocycles. The highest BCUT2D eigenvalue weighted by Gasteiger charge is 2.22. The van der Waals surface area contributed by atoms with Crippen molar-refractivity contribution in [1.82, 2.24) is 5.32 Å². The summed E-state index contributed by atoms with van der Waals surface area (Å²) in [4.78, 5) is 26.9. The van der Waals surface area contributed by atoms with Crippen LogP contribution in [0.1, 0.15) is 35.6 Å². The molecule has 0 spiro atoms. The van der Waals surface area contributed by atoms with Crippen molar-refractivity contribution in [1.29, 1.82) is 0 Å². The summed E-state index contributed by atoms with van der Waals surface area (Å²) in [6, 6.07) is 22.5. The molecule has 0 unspecified atom stereocenters. The number of carbonyl (C=O) groups is 2. The Morgan fingerprint density at radius 1 is 1.06 bits per heavy atom. The number of halogens is 1. The molecule has 0 radical (unpaired) electrons. The van der Waals surface area contributed by atoms with Gasteiger partial charge >= 0.3 is 0 Å². The zero-order valence-electron chi connectivity index (χ0n) is 18.0. The molecule has 32 heavy (non-hydrogen) atoms. The van der Waals surface area contributed by atoms with Gasteiger partial charge in [-0.25, -0.2) is 0 Å². The first-order valence-electron chi connectivity index (χ1n) is 10.8. The summed E-state index contributed by atoms with van der Waals surface area (Å²) in [5, 5.41) is 6.95. The Balaban J connectivity index is 1.47. The largest absolute Gasteiger partial charge is 0.324 e. The lowest BCUT2D eigenvalue weighted by molar-refractivity contribution is -0.118. The molecule has 0 aliphatic carbocycles. The molecule has 1 heterocycles. The topological polar surface area (TPSA) is 61.4 Å². The Bertz CT molecular complexity index is 1100. The first-order chi connectivity index (χ1) is 15.5. The molecule has 4 rings (SSSR count). The van der Waals surface area contributed by atoms with E-state index >= 15 is 0 Å². The van der Waals surface area contributed by atoms with Gasteiger partial charge in [0.2, 0.25) is 11.8 Å². The Hall–Kier alpha value is -3.15. The molecule has 1 saturated heterocycles. The standard InChI is InChI=1S/C26H26ClN3O2/c1-18-9-12-21(16-23(18)27)29-26(32)25(20-6-3-2-4-7-20)28-17-19-10-13-22(14-11-19)30-15-5-8-24(30)31/h2-4,6-7,9-14,16,25,28H,5,8,15,17H2,1H3,(H,29,32)/t25-/m0/s1. The van der Waals surface area contributed by atoms with Crippen LogP contribution in [-0.4, -0.2) is 18.4 Å². The molecule has 3 aromatic rings. The van der Waals surface area contributed by atoms with Gasteiger partial charge in [-0.1, -0.05) is 60.1 Å². The van der Waals surface area contributed by atoms with Crippen molar-refractivity contribution in [3.05, 3.63) is 94.5 Å². The summed E-state index contributed by atoms with van der Waals surface area (Å²) < 4.78 is 0. The average Bonchev–Trinajstić information content (AvgIpc) is 3.23. The van der Waals surface area contributed by atoms with Gasteiger partial charge in [-0.15, -0.1) is 0 Å². The summed E-state index contributed by atoms with van der Waals surface area (Å²) in [6.07, 6.45) is 1.52. The van der Waals surface area contributed by atoms with Crippen molar-refractivity contribution < 1.29 is 9.59 Å². The minimum Gasteiger partial charge on any atom is -0.324 e. The molecular formula is C26H26ClN3O2. The van der Waals surface area contributed by atoms with Crippen molar-refractivity contribution >= 4 is 34.8 Å². The number of rotatable bonds is 7. The highest BCUT2D eigenvalue weighted by atomic mass is 35.5. The highest BCUT2D eigenvalue weighted by Crippen LogP contribution is 2.24. The van der Waals surface area contributed by atoms with E-state index in [4.69, 9.17) is 11.6 Å². The van der Waals surface area contributed by atoms with Gasteiger partial charge in [0.25, 0.3) is 0 Å². The SMILES string of the molecule is Cc1ccc(NC(=O)[C@@H](NCc2ccc(N3CCCC3=O)cc2)c2ccccc2)cc1Cl. The van der Waals surface area contributed by atoms with E-state index in [1.54, 1.807) is 6.07 Å². The molecule has 2 N–H and O–H groups in total. The lowest BCUT2D eigenvalue weighted by Crippen LogP contribution is -2.32. The van der Waals surface area contributed by atoms with Gasteiger partial charge in [-0.3, -0.25) is 14.9 Å². The maximum Gasteiger partial charge on any atom is 0.246 e. The van der Waals surface area contributed by atoms with Crippen LogP contribution in [0.2, 0.25) is 5.02 Å². The zero-order valence-corrected chi connectivity index (χ0v) is 18.7. The van der Waals surface area contributed by atoms with Crippen molar-refractivity contribution in [2.75, 3.05) is 16.8 Å². The third kappa shape index (κ3) is 5.18. The molecule has 5 nitrogen and oxygen atoms in total. The van der Waals surface area contributed by atoms with Gasteiger partial charge in [-0.05, 0) is 54.3 Å². The fraction of sp³-hybridized carbons (Fsp3) is 0.231. The third-order valence-electron chi connectivity index (χ3n) is 5.67. The monoisotopic (exact) mass is 447 g/mol. The minimum absolute atomic E-state index is 0.157. The van der Waals surface area contributed by atoms with Crippen LogP contribution in [0.5, 0.6) is 0 Å². The van der Waals surface area contributed by atoms with Crippen LogP contribution in [0.25, 0.3) is 0 Å². The van der Waals surface area contributed by atoms with Crippen molar-refractivity contribution in [2.45, 2.75) is 32.4 Å². The van der Waals surface area contributed by atoms with E-state index in [9.17, 15) is 9.59 Å². The second-order valence-electron chi connectivity index (χ2n) is 7.99. The second kappa shape index (κ2) is 9.98. The lowest BCUT2D eigenvalue weighted by Gasteiger charge is -2.20. The maximum atomic E-state index is 13.1. The van der Waals surface area contributed by atoms with Gasteiger partial charge in [0.1, 0.15) is 6.04 Å². The van der Waals surface area contributed by atoms with E-state index in [0.717, 1.165) is 35.3 Å². The molecule has 164 valence electrons. The van der Waals surface area contributed by atoms with Crippen LogP contribution in [0.3, 0.4) is 0 Å². The molecule has 1 fully saturated rings. The first kappa shape index (κ1) is 22.1. The van der Waals surface area contributed by atoms with E-state index in [-0.39, 0.29) is 11.8 Å². The molecule has 1 aliphatic rings. The van der Waals surface area contributed by atoms with Crippen molar-refractivity contribution in [2.24, 2.45) is 0 Å². The molecular weight excluding hydrogens is 422 g/mol. The Labute approximate surface area is 193 Å². The summed E-state index contributed by atoms with van der Waals surface area (Å²) >= 11 is 6.21. The molecule has 0 bridgehead atoms. The molecule has 1 atom stereocenters. The third-order valence-corrected chi connectivity index (χ3v) is 6.07. The Kier molecular flexibility index (Phi) is 6.88.